The highest BCUT2D eigenvalue weighted by Gasteiger charge is 2.14. The van der Waals surface area contributed by atoms with Crippen molar-refractivity contribution in [3.63, 3.8) is 0 Å². The van der Waals surface area contributed by atoms with Gasteiger partial charge < -0.3 is 9.84 Å². The number of aromatic hydroxyl groups is 1. The first-order chi connectivity index (χ1) is 11.2. The quantitative estimate of drug-likeness (QED) is 0.509. The number of benzene rings is 2. The molecular formula is C17H14N2O4. The maximum atomic E-state index is 11.5. The van der Waals surface area contributed by atoms with Gasteiger partial charge in [0, 0.05) is 11.5 Å². The van der Waals surface area contributed by atoms with Crippen LogP contribution in [0.15, 0.2) is 54.6 Å². The molecule has 0 bridgehead atoms. The highest BCUT2D eigenvalue weighted by atomic mass is 16.5. The lowest BCUT2D eigenvalue weighted by molar-refractivity contribution is 0.0701. The molecule has 1 heterocycles. The van der Waals surface area contributed by atoms with Crippen molar-refractivity contribution < 1.29 is 19.8 Å². The summed E-state index contributed by atoms with van der Waals surface area (Å²) in [6, 6.07) is 15.9. The van der Waals surface area contributed by atoms with Crippen LogP contribution >= 0.6 is 0 Å². The van der Waals surface area contributed by atoms with Crippen molar-refractivity contribution in [1.29, 1.82) is 0 Å². The first-order valence-corrected chi connectivity index (χ1v) is 6.93. The number of para-hydroxylation sites is 1. The average molecular weight is 310 g/mol. The molecule has 0 saturated carbocycles. The molecule has 6 nitrogen and oxygen atoms in total. The van der Waals surface area contributed by atoms with Crippen molar-refractivity contribution in [2.45, 2.75) is 6.61 Å². The molecule has 0 spiro atoms. The zero-order chi connectivity index (χ0) is 16.2. The number of ether oxygens (including phenoxy) is 1. The van der Waals surface area contributed by atoms with Crippen LogP contribution < -0.4 is 10.2 Å². The third kappa shape index (κ3) is 3.07. The van der Waals surface area contributed by atoms with Crippen LogP contribution in [0.2, 0.25) is 0 Å². The predicted octanol–water partition coefficient (Wildman–Crippen LogP) is 2.64. The van der Waals surface area contributed by atoms with Gasteiger partial charge in [-0.25, -0.2) is 10.5 Å². The number of rotatable bonds is 4. The molecule has 0 unspecified atom stereocenters. The number of fused-ring (bicyclic) bond motifs is 1. The molecule has 3 rings (SSSR count). The summed E-state index contributed by atoms with van der Waals surface area (Å²) in [5, 5.41) is 19.2. The lowest BCUT2D eigenvalue weighted by Gasteiger charge is -2.10. The second-order valence-electron chi connectivity index (χ2n) is 4.89. The molecule has 6 heteroatoms. The van der Waals surface area contributed by atoms with Crippen LogP contribution in [0.3, 0.4) is 0 Å². The fraction of sp³-hybridized carbons (Fsp3) is 0.0588. The number of hydrogen-bond donors (Lipinski definition) is 3. The predicted molar refractivity (Wildman–Crippen MR) is 83.4 cm³/mol. The van der Waals surface area contributed by atoms with Crippen molar-refractivity contribution in [3.8, 4) is 11.5 Å². The summed E-state index contributed by atoms with van der Waals surface area (Å²) in [6.45, 7) is 0.332. The molecule has 0 aliphatic heterocycles. The number of pyridine rings is 1. The van der Waals surface area contributed by atoms with Crippen LogP contribution in [-0.4, -0.2) is 21.2 Å². The van der Waals surface area contributed by atoms with Crippen LogP contribution in [0, 0.1) is 0 Å². The number of carbonyl (C=O) groups excluding carboxylic acids is 1. The minimum atomic E-state index is -0.805. The third-order valence-corrected chi connectivity index (χ3v) is 3.35. The van der Waals surface area contributed by atoms with Gasteiger partial charge in [0.2, 0.25) is 0 Å². The van der Waals surface area contributed by atoms with E-state index in [4.69, 9.17) is 9.94 Å². The van der Waals surface area contributed by atoms with E-state index in [-0.39, 0.29) is 11.4 Å². The fourth-order valence-corrected chi connectivity index (χ4v) is 2.23. The smallest absolute Gasteiger partial charge is 0.293 e. The standard InChI is InChI=1S/C17H14N2O4/c20-14-9-13(17(21)19-22)18-16-12(14)7-4-8-15(16)23-10-11-5-2-1-3-6-11/h1-9,22H,10H2,(H,18,20)(H,19,21). The number of amides is 1. The lowest BCUT2D eigenvalue weighted by Crippen LogP contribution is -2.19. The molecule has 116 valence electrons. The maximum absolute atomic E-state index is 11.5. The first kappa shape index (κ1) is 14.8. The van der Waals surface area contributed by atoms with Crippen LogP contribution in [0.5, 0.6) is 11.5 Å². The van der Waals surface area contributed by atoms with Gasteiger partial charge in [0.25, 0.3) is 5.91 Å². The van der Waals surface area contributed by atoms with E-state index >= 15 is 0 Å². The van der Waals surface area contributed by atoms with E-state index in [1.54, 1.807) is 18.2 Å². The van der Waals surface area contributed by atoms with Gasteiger partial charge in [0.05, 0.1) is 0 Å². The van der Waals surface area contributed by atoms with Gasteiger partial charge in [0.1, 0.15) is 29.3 Å². The number of hydrogen-bond acceptors (Lipinski definition) is 5. The van der Waals surface area contributed by atoms with Gasteiger partial charge in [-0.15, -0.1) is 0 Å². The Labute approximate surface area is 131 Å². The molecule has 23 heavy (non-hydrogen) atoms. The molecule has 0 aliphatic rings. The molecule has 1 aromatic heterocycles. The molecule has 1 amide bonds. The van der Waals surface area contributed by atoms with E-state index in [1.807, 2.05) is 30.3 Å². The molecule has 0 aliphatic carbocycles. The highest BCUT2D eigenvalue weighted by Crippen LogP contribution is 2.31. The molecular weight excluding hydrogens is 296 g/mol. The van der Waals surface area contributed by atoms with Crippen molar-refractivity contribution in [3.05, 3.63) is 65.9 Å². The number of carbonyl (C=O) groups is 1. The van der Waals surface area contributed by atoms with Gasteiger partial charge >= 0.3 is 0 Å². The Bertz CT molecular complexity index is 850. The molecule has 0 radical (unpaired) electrons. The highest BCUT2D eigenvalue weighted by molar-refractivity contribution is 5.97. The second-order valence-corrected chi connectivity index (χ2v) is 4.89. The molecule has 3 N–H and O–H groups in total. The van der Waals surface area contributed by atoms with Gasteiger partial charge in [-0.1, -0.05) is 36.4 Å². The van der Waals surface area contributed by atoms with Crippen molar-refractivity contribution >= 4 is 16.8 Å². The first-order valence-electron chi connectivity index (χ1n) is 6.93. The zero-order valence-electron chi connectivity index (χ0n) is 12.1. The van der Waals surface area contributed by atoms with Gasteiger partial charge in [-0.05, 0) is 17.7 Å². The average Bonchev–Trinajstić information content (AvgIpc) is 2.60. The summed E-state index contributed by atoms with van der Waals surface area (Å²) in [6.07, 6.45) is 0. The lowest BCUT2D eigenvalue weighted by atomic mass is 10.1. The van der Waals surface area contributed by atoms with Crippen molar-refractivity contribution in [2.75, 3.05) is 0 Å². The van der Waals surface area contributed by atoms with Gasteiger partial charge in [0.15, 0.2) is 0 Å². The Hall–Kier alpha value is -3.12. The third-order valence-electron chi connectivity index (χ3n) is 3.35. The van der Waals surface area contributed by atoms with Crippen molar-refractivity contribution in [2.24, 2.45) is 0 Å². The number of hydroxylamine groups is 1. The normalized spacial score (nSPS) is 10.5. The molecule has 0 atom stereocenters. The summed E-state index contributed by atoms with van der Waals surface area (Å²) in [7, 11) is 0. The van der Waals surface area contributed by atoms with Crippen LogP contribution in [-0.2, 0) is 6.61 Å². The molecule has 0 saturated heterocycles. The number of nitrogens with one attached hydrogen (secondary N) is 1. The topological polar surface area (TPSA) is 91.7 Å². The summed E-state index contributed by atoms with van der Waals surface area (Å²) in [5.41, 5.74) is 2.73. The molecule has 2 aromatic carbocycles. The number of nitrogens with zero attached hydrogens (tertiary/aromatic N) is 1. The van der Waals surface area contributed by atoms with Crippen molar-refractivity contribution in [1.82, 2.24) is 10.5 Å². The molecule has 0 fully saturated rings. The SMILES string of the molecule is O=C(NO)c1cc(O)c2cccc(OCc3ccccc3)c2n1. The van der Waals surface area contributed by atoms with E-state index < -0.39 is 5.91 Å². The van der Waals surface area contributed by atoms with E-state index in [9.17, 15) is 9.90 Å². The van der Waals surface area contributed by atoms with Crippen LogP contribution in [0.4, 0.5) is 0 Å². The summed E-state index contributed by atoms with van der Waals surface area (Å²) in [4.78, 5) is 15.7. The maximum Gasteiger partial charge on any atom is 0.293 e. The Kier molecular flexibility index (Phi) is 4.07. The largest absolute Gasteiger partial charge is 0.507 e. The van der Waals surface area contributed by atoms with E-state index in [0.717, 1.165) is 5.56 Å². The Balaban J connectivity index is 1.99. The van der Waals surface area contributed by atoms with Gasteiger partial charge in [-0.2, -0.15) is 0 Å². The van der Waals surface area contributed by atoms with E-state index in [1.165, 1.54) is 11.5 Å². The summed E-state index contributed by atoms with van der Waals surface area (Å²) < 4.78 is 5.76. The van der Waals surface area contributed by atoms with Gasteiger partial charge in [-0.3, -0.25) is 10.0 Å². The number of aromatic nitrogens is 1. The Morgan fingerprint density at radius 1 is 1.13 bits per heavy atom. The fourth-order valence-electron chi connectivity index (χ4n) is 2.23. The Morgan fingerprint density at radius 2 is 1.91 bits per heavy atom. The minimum absolute atomic E-state index is 0.103. The molecule has 3 aromatic rings. The minimum Gasteiger partial charge on any atom is -0.507 e. The van der Waals surface area contributed by atoms with Crippen LogP contribution in [0.1, 0.15) is 16.1 Å². The van der Waals surface area contributed by atoms with Crippen LogP contribution in [0.25, 0.3) is 10.9 Å². The Morgan fingerprint density at radius 3 is 2.65 bits per heavy atom. The monoisotopic (exact) mass is 310 g/mol. The van der Waals surface area contributed by atoms with E-state index in [0.29, 0.717) is 23.3 Å². The zero-order valence-corrected chi connectivity index (χ0v) is 12.1. The summed E-state index contributed by atoms with van der Waals surface area (Å²) in [5.74, 6) is -0.479. The van der Waals surface area contributed by atoms with E-state index in [2.05, 4.69) is 4.98 Å². The second kappa shape index (κ2) is 6.33. The summed E-state index contributed by atoms with van der Waals surface area (Å²) >= 11 is 0.